The van der Waals surface area contributed by atoms with Gasteiger partial charge in [-0.2, -0.15) is 0 Å². The van der Waals surface area contributed by atoms with Crippen molar-refractivity contribution in [2.45, 2.75) is 0 Å². The highest BCUT2D eigenvalue weighted by Gasteiger charge is 2.19. The minimum absolute atomic E-state index is 0.315. The third-order valence-electron chi connectivity index (χ3n) is 9.17. The van der Waals surface area contributed by atoms with E-state index in [0.717, 1.165) is 0 Å². The number of rotatable bonds is 5. The molecule has 12 aromatic rings. The van der Waals surface area contributed by atoms with E-state index < -0.39 is 309 Å². The van der Waals surface area contributed by atoms with Crippen LogP contribution in [0.25, 0.3) is 109 Å². The molecule has 12 rings (SSSR count). The first-order valence-corrected chi connectivity index (χ1v) is 17.6. The van der Waals surface area contributed by atoms with Crippen LogP contribution in [0.4, 0.5) is 0 Å². The molecule has 0 spiro atoms. The normalized spacial score (nSPS) is 20.2. The van der Waals surface area contributed by atoms with Gasteiger partial charge in [-0.05, 0) is 94.3 Å². The first-order valence-electron chi connectivity index (χ1n) is 33.7. The van der Waals surface area contributed by atoms with Gasteiger partial charge in [-0.1, -0.05) is 139 Å². The lowest BCUT2D eigenvalue weighted by Gasteiger charge is -2.14. The molecule has 0 saturated heterocycles. The summed E-state index contributed by atoms with van der Waals surface area (Å²) in [5.41, 5.74) is -9.76. The Bertz CT molecular complexity index is 5470. The van der Waals surface area contributed by atoms with Gasteiger partial charge in [0.2, 0.25) is 0 Å². The van der Waals surface area contributed by atoms with Crippen LogP contribution in [0.3, 0.4) is 0 Å². The number of para-hydroxylation sites is 3. The molecule has 2 nitrogen and oxygen atoms in total. The molecule has 0 bridgehead atoms. The van der Waals surface area contributed by atoms with Crippen LogP contribution in [0.2, 0.25) is 0 Å². The molecule has 0 amide bonds. The topological polar surface area (TPSA) is 9.86 Å². The van der Waals surface area contributed by atoms with E-state index in [4.69, 9.17) is 27.4 Å². The van der Waals surface area contributed by atoms with Crippen molar-refractivity contribution in [2.75, 3.05) is 0 Å². The number of hydrogen-bond donors (Lipinski definition) is 0. The van der Waals surface area contributed by atoms with Crippen LogP contribution in [0, 0.1) is 0 Å². The molecule has 0 aliphatic heterocycles. The van der Waals surface area contributed by atoms with Gasteiger partial charge in [0.05, 0.1) is 68.7 Å². The van der Waals surface area contributed by atoms with Crippen molar-refractivity contribution in [3.8, 4) is 44.8 Å². The number of benzene rings is 9. The second-order valence-corrected chi connectivity index (χ2v) is 13.3. The Balaban J connectivity index is 1.33. The minimum atomic E-state index is -1.12. The summed E-state index contributed by atoms with van der Waals surface area (Å²) < 4.78 is 312. The lowest BCUT2D eigenvalue weighted by atomic mass is 9.97. The van der Waals surface area contributed by atoms with E-state index in [1.165, 1.54) is 0 Å². The largest absolute Gasteiger partial charge is 0.309 e. The van der Waals surface area contributed by atoms with Crippen LogP contribution < -0.4 is 0 Å². The van der Waals surface area contributed by atoms with Gasteiger partial charge in [0.25, 0.3) is 0 Å². The van der Waals surface area contributed by atoms with Gasteiger partial charge in [-0.25, -0.2) is 0 Å². The summed E-state index contributed by atoms with van der Waals surface area (Å²) in [6.45, 7) is 0. The quantitative estimate of drug-likeness (QED) is 0.165. The van der Waals surface area contributed by atoms with E-state index in [2.05, 4.69) is 0 Å². The number of hydrogen-bond acceptors (Lipinski definition) is 1. The molecule has 3 heterocycles. The Morgan fingerprint density at radius 2 is 0.877 bits per heavy atom. The Kier molecular flexibility index (Phi) is 2.93. The fraction of sp³-hybridized carbons (Fsp3) is 0. The Hall–Kier alpha value is -7.20. The van der Waals surface area contributed by atoms with Crippen molar-refractivity contribution in [3.05, 3.63) is 205 Å². The zero-order valence-corrected chi connectivity index (χ0v) is 29.1. The number of fused-ring (bicyclic) bond motifs is 9. The van der Waals surface area contributed by atoms with E-state index in [1.54, 1.807) is 0 Å². The third-order valence-corrected chi connectivity index (χ3v) is 10.3. The third kappa shape index (κ3) is 5.03. The van der Waals surface area contributed by atoms with Crippen molar-refractivity contribution < 1.29 is 46.6 Å². The maximum atomic E-state index is 10.4. The average molecular weight is 777 g/mol. The Morgan fingerprint density at radius 1 is 0.316 bits per heavy atom. The molecule has 0 N–H and O–H groups in total. The SMILES string of the molecule is [2H]c1c([2H])c([2H])c(-c2c([2H])c([2H])c([2H])c(-c3c([2H])c(-n4c5c([2H])c([2H])c([2H])c([2H])c5c5c([2H])c([2H])c(-c6c([2H])c([2H])c7c(c6[2H])c6c([2H])c([2H])c([2H])c([2H])c6n7-c6c([2H])c([2H])c([2H])c([2H])c6[2H])c([2H])c54)c([2H])c4c3sc3c([2H])c([2H])c([2H])c([2H])c34)c2[2H])c([2H])c1[2H]. The molecule has 0 atom stereocenters. The molecule has 3 aromatic heterocycles. The molecule has 9 aromatic carbocycles. The van der Waals surface area contributed by atoms with E-state index in [0.29, 0.717) is 20.5 Å². The number of nitrogens with zero attached hydrogens (tertiary/aromatic N) is 2. The lowest BCUT2D eigenvalue weighted by molar-refractivity contribution is 1.18. The zero-order chi connectivity index (χ0) is 67.0. The molecular formula is C54H34N2S. The second kappa shape index (κ2) is 12.7. The van der Waals surface area contributed by atoms with Crippen LogP contribution in [0.5, 0.6) is 0 Å². The molecule has 0 unspecified atom stereocenters. The minimum Gasteiger partial charge on any atom is -0.309 e. The highest BCUT2D eigenvalue weighted by atomic mass is 32.1. The average Bonchev–Trinajstić information content (AvgIpc) is 1.56. The molecule has 266 valence electrons. The molecule has 0 radical (unpaired) electrons. The van der Waals surface area contributed by atoms with E-state index in [-0.39, 0.29) is 4.70 Å². The first-order chi connectivity index (χ1) is 42.4. The molecule has 57 heavy (non-hydrogen) atoms. The molecule has 3 heteroatoms. The second-order valence-electron chi connectivity index (χ2n) is 12.3. The van der Waals surface area contributed by atoms with Crippen molar-refractivity contribution in [1.29, 1.82) is 0 Å². The van der Waals surface area contributed by atoms with Gasteiger partial charge in [0.15, 0.2) is 0 Å². The van der Waals surface area contributed by atoms with Gasteiger partial charge in [-0.15, -0.1) is 11.3 Å². The number of aromatic nitrogens is 2. The van der Waals surface area contributed by atoms with Crippen LogP contribution >= 0.6 is 11.3 Å². The van der Waals surface area contributed by atoms with Gasteiger partial charge in [-0.3, -0.25) is 0 Å². The summed E-state index contributed by atoms with van der Waals surface area (Å²) in [6, 6.07) is -32.8. The van der Waals surface area contributed by atoms with Crippen LogP contribution in [0.15, 0.2) is 205 Å². The van der Waals surface area contributed by atoms with Gasteiger partial charge < -0.3 is 9.13 Å². The van der Waals surface area contributed by atoms with Crippen LogP contribution in [0.1, 0.15) is 46.6 Å². The highest BCUT2D eigenvalue weighted by Crippen LogP contribution is 2.44. The van der Waals surface area contributed by atoms with Crippen LogP contribution in [-0.2, 0) is 0 Å². The van der Waals surface area contributed by atoms with Crippen LogP contribution in [-0.4, -0.2) is 9.13 Å². The Morgan fingerprint density at radius 3 is 1.68 bits per heavy atom. The van der Waals surface area contributed by atoms with Crippen molar-refractivity contribution in [1.82, 2.24) is 9.13 Å². The van der Waals surface area contributed by atoms with E-state index >= 15 is 0 Å². The predicted molar refractivity (Wildman–Crippen MR) is 244 cm³/mol. The summed E-state index contributed by atoms with van der Waals surface area (Å²) in [4.78, 5) is 0. The molecule has 0 fully saturated rings. The monoisotopic (exact) mass is 776 g/mol. The fourth-order valence-corrected chi connectivity index (χ4v) is 7.85. The predicted octanol–water partition coefficient (Wildman–Crippen LogP) is 15.2. The van der Waals surface area contributed by atoms with E-state index in [1.807, 2.05) is 0 Å². The van der Waals surface area contributed by atoms with Gasteiger partial charge in [0.1, 0.15) is 0 Å². The molecular weight excluding hydrogens is 709 g/mol. The molecule has 0 aliphatic rings. The van der Waals surface area contributed by atoms with E-state index in [9.17, 15) is 19.2 Å². The fourth-order valence-electron chi connectivity index (χ4n) is 6.78. The molecule has 0 saturated carbocycles. The summed E-state index contributed by atoms with van der Waals surface area (Å²) in [5, 5.41) is -3.65. The maximum Gasteiger partial charge on any atom is 0.0652 e. The number of thiophene rings is 1. The smallest absolute Gasteiger partial charge is 0.0652 e. The standard InChI is InChI=1S/C54H34N2S/c1-3-14-35(15-4-1)36-16-13-17-39(30-36)46-33-41(34-48-45-22-9-12-25-53(45)57-54(46)48)56-49-23-10-7-20-42(49)44-28-26-38(32-52(44)56)37-27-29-51-47(31-37)43-21-8-11-24-50(43)55(51)40-18-5-2-6-19-40/h1-34H/i1D,2D,3D,4D,5D,6D,7D,8D,9D,10D,11D,12D,13D,14D,15D,16D,17D,18D,19D,20D,21D,22D,23D,24D,25D,26D,27D,28D,29D,30D,31D,32D,33D,34D. The molecule has 0 aliphatic carbocycles. The maximum absolute atomic E-state index is 10.4. The van der Waals surface area contributed by atoms with Gasteiger partial charge in [0, 0.05) is 58.7 Å². The van der Waals surface area contributed by atoms with Crippen molar-refractivity contribution >= 4 is 75.1 Å². The summed E-state index contributed by atoms with van der Waals surface area (Å²) >= 11 is 0.498. The summed E-state index contributed by atoms with van der Waals surface area (Å²) in [7, 11) is 0. The van der Waals surface area contributed by atoms with Gasteiger partial charge >= 0.3 is 0 Å². The summed E-state index contributed by atoms with van der Waals surface area (Å²) in [5.74, 6) is 0. The van der Waals surface area contributed by atoms with Crippen molar-refractivity contribution in [3.63, 3.8) is 0 Å². The Labute approximate surface area is 381 Å². The first kappa shape index (κ1) is 13.2. The highest BCUT2D eigenvalue weighted by molar-refractivity contribution is 7.26. The summed E-state index contributed by atoms with van der Waals surface area (Å²) in [6.07, 6.45) is 0. The van der Waals surface area contributed by atoms with Crippen molar-refractivity contribution in [2.24, 2.45) is 0 Å². The lowest BCUT2D eigenvalue weighted by Crippen LogP contribution is -1.95. The zero-order valence-electron chi connectivity index (χ0n) is 62.3.